The lowest BCUT2D eigenvalue weighted by Gasteiger charge is -2.14. The minimum absolute atomic E-state index is 0.223. The Hall–Kier alpha value is -0.450. The van der Waals surface area contributed by atoms with Crippen LogP contribution in [0.25, 0.3) is 0 Å². The number of rotatable bonds is 6. The zero-order chi connectivity index (χ0) is 12.0. The Kier molecular flexibility index (Phi) is 5.95. The predicted octanol–water partition coefficient (Wildman–Crippen LogP) is 2.98. The zero-order valence-corrected chi connectivity index (χ0v) is 11.1. The summed E-state index contributed by atoms with van der Waals surface area (Å²) in [6.45, 7) is 3.74. The van der Waals surface area contributed by atoms with Gasteiger partial charge in [-0.2, -0.15) is 0 Å². The fraction of sp³-hybridized carbons (Fsp3) is 0.500. The molecule has 1 rings (SSSR count). The number of hydrogen-bond donors (Lipinski definition) is 2. The highest BCUT2D eigenvalue weighted by molar-refractivity contribution is 9.10. The summed E-state index contributed by atoms with van der Waals surface area (Å²) in [4.78, 5) is 0. The molecule has 0 radical (unpaired) electrons. The zero-order valence-electron chi connectivity index (χ0n) is 9.47. The largest absolute Gasteiger partial charge is 0.330 e. The van der Waals surface area contributed by atoms with Gasteiger partial charge in [0.15, 0.2) is 0 Å². The second-order valence-corrected chi connectivity index (χ2v) is 4.70. The van der Waals surface area contributed by atoms with Crippen molar-refractivity contribution in [2.24, 2.45) is 5.73 Å². The summed E-state index contributed by atoms with van der Waals surface area (Å²) in [6, 6.07) is 5.34. The van der Waals surface area contributed by atoms with Gasteiger partial charge in [0.05, 0.1) is 4.47 Å². The van der Waals surface area contributed by atoms with Gasteiger partial charge in [-0.25, -0.2) is 4.39 Å². The Balaban J connectivity index is 2.46. The third-order valence-electron chi connectivity index (χ3n) is 2.53. The molecule has 90 valence electrons. The number of nitrogens with one attached hydrogen (secondary N) is 1. The van der Waals surface area contributed by atoms with Gasteiger partial charge < -0.3 is 11.1 Å². The van der Waals surface area contributed by atoms with Gasteiger partial charge in [0, 0.05) is 6.04 Å². The molecule has 0 fully saturated rings. The SMILES string of the molecule is CC(NCCCCN)c1ccc(F)c(Br)c1. The average molecular weight is 289 g/mol. The van der Waals surface area contributed by atoms with Gasteiger partial charge in [-0.15, -0.1) is 0 Å². The molecular weight excluding hydrogens is 271 g/mol. The second kappa shape index (κ2) is 6.99. The van der Waals surface area contributed by atoms with Crippen molar-refractivity contribution in [3.63, 3.8) is 0 Å². The molecule has 0 aliphatic heterocycles. The quantitative estimate of drug-likeness (QED) is 0.790. The van der Waals surface area contributed by atoms with E-state index in [1.807, 2.05) is 6.07 Å². The molecule has 0 saturated carbocycles. The maximum Gasteiger partial charge on any atom is 0.137 e. The van der Waals surface area contributed by atoms with Crippen LogP contribution in [-0.4, -0.2) is 13.1 Å². The lowest BCUT2D eigenvalue weighted by atomic mass is 10.1. The van der Waals surface area contributed by atoms with E-state index in [-0.39, 0.29) is 11.9 Å². The van der Waals surface area contributed by atoms with Gasteiger partial charge in [0.1, 0.15) is 5.82 Å². The van der Waals surface area contributed by atoms with E-state index in [0.29, 0.717) is 4.47 Å². The third-order valence-corrected chi connectivity index (χ3v) is 3.13. The Morgan fingerprint density at radius 3 is 2.81 bits per heavy atom. The first-order valence-electron chi connectivity index (χ1n) is 5.53. The van der Waals surface area contributed by atoms with Crippen LogP contribution in [0.4, 0.5) is 4.39 Å². The number of nitrogens with two attached hydrogens (primary N) is 1. The summed E-state index contributed by atoms with van der Waals surface area (Å²) >= 11 is 3.19. The Bertz CT molecular complexity index is 331. The number of unbranched alkanes of at least 4 members (excludes halogenated alkanes) is 1. The van der Waals surface area contributed by atoms with Crippen molar-refractivity contribution in [2.45, 2.75) is 25.8 Å². The maximum atomic E-state index is 13.0. The second-order valence-electron chi connectivity index (χ2n) is 3.85. The first kappa shape index (κ1) is 13.6. The van der Waals surface area contributed by atoms with Crippen molar-refractivity contribution in [1.29, 1.82) is 0 Å². The predicted molar refractivity (Wildman–Crippen MR) is 68.8 cm³/mol. The van der Waals surface area contributed by atoms with E-state index in [1.165, 1.54) is 6.07 Å². The first-order chi connectivity index (χ1) is 7.65. The molecule has 3 N–H and O–H groups in total. The van der Waals surface area contributed by atoms with Crippen LogP contribution < -0.4 is 11.1 Å². The molecule has 0 aliphatic carbocycles. The number of hydrogen-bond acceptors (Lipinski definition) is 2. The van der Waals surface area contributed by atoms with Gasteiger partial charge in [-0.3, -0.25) is 0 Å². The topological polar surface area (TPSA) is 38.0 Å². The van der Waals surface area contributed by atoms with Crippen LogP contribution in [0.1, 0.15) is 31.4 Å². The molecule has 1 aromatic carbocycles. The summed E-state index contributed by atoms with van der Waals surface area (Å²) in [7, 11) is 0. The van der Waals surface area contributed by atoms with Crippen molar-refractivity contribution in [3.05, 3.63) is 34.1 Å². The highest BCUT2D eigenvalue weighted by atomic mass is 79.9. The molecule has 1 aromatic rings. The fourth-order valence-electron chi connectivity index (χ4n) is 1.49. The summed E-state index contributed by atoms with van der Waals surface area (Å²) in [5.74, 6) is -0.223. The van der Waals surface area contributed by atoms with E-state index in [0.717, 1.165) is 31.5 Å². The van der Waals surface area contributed by atoms with E-state index in [2.05, 4.69) is 28.2 Å². The van der Waals surface area contributed by atoms with Gasteiger partial charge in [-0.05, 0) is 66.5 Å². The van der Waals surface area contributed by atoms with Gasteiger partial charge in [0.2, 0.25) is 0 Å². The van der Waals surface area contributed by atoms with Crippen LogP contribution in [-0.2, 0) is 0 Å². The Morgan fingerprint density at radius 2 is 2.19 bits per heavy atom. The van der Waals surface area contributed by atoms with Crippen molar-refractivity contribution in [2.75, 3.05) is 13.1 Å². The van der Waals surface area contributed by atoms with Crippen LogP contribution in [0.5, 0.6) is 0 Å². The van der Waals surface area contributed by atoms with Crippen LogP contribution in [0.15, 0.2) is 22.7 Å². The van der Waals surface area contributed by atoms with Crippen LogP contribution >= 0.6 is 15.9 Å². The molecule has 0 aliphatic rings. The number of benzene rings is 1. The van der Waals surface area contributed by atoms with Crippen molar-refractivity contribution >= 4 is 15.9 Å². The average Bonchev–Trinajstić information content (AvgIpc) is 2.28. The molecule has 0 aromatic heterocycles. The van der Waals surface area contributed by atoms with E-state index in [1.54, 1.807) is 6.07 Å². The van der Waals surface area contributed by atoms with Gasteiger partial charge in [0.25, 0.3) is 0 Å². The molecule has 0 spiro atoms. The maximum absolute atomic E-state index is 13.0. The lowest BCUT2D eigenvalue weighted by Crippen LogP contribution is -2.20. The van der Waals surface area contributed by atoms with E-state index >= 15 is 0 Å². The molecular formula is C12H18BrFN2. The third kappa shape index (κ3) is 4.20. The van der Waals surface area contributed by atoms with E-state index in [9.17, 15) is 4.39 Å². The van der Waals surface area contributed by atoms with Crippen molar-refractivity contribution in [3.8, 4) is 0 Å². The Labute approximate surface area is 105 Å². The van der Waals surface area contributed by atoms with E-state index in [4.69, 9.17) is 5.73 Å². The lowest BCUT2D eigenvalue weighted by molar-refractivity contribution is 0.546. The minimum atomic E-state index is -0.223. The minimum Gasteiger partial charge on any atom is -0.330 e. The fourth-order valence-corrected chi connectivity index (χ4v) is 1.88. The monoisotopic (exact) mass is 288 g/mol. The summed E-state index contributed by atoms with van der Waals surface area (Å²) in [5, 5.41) is 3.38. The van der Waals surface area contributed by atoms with Crippen molar-refractivity contribution in [1.82, 2.24) is 5.32 Å². The molecule has 0 heterocycles. The van der Waals surface area contributed by atoms with Crippen molar-refractivity contribution < 1.29 is 4.39 Å². The molecule has 16 heavy (non-hydrogen) atoms. The van der Waals surface area contributed by atoms with Gasteiger partial charge >= 0.3 is 0 Å². The summed E-state index contributed by atoms with van der Waals surface area (Å²) in [6.07, 6.45) is 2.11. The van der Waals surface area contributed by atoms with E-state index < -0.39 is 0 Å². The Morgan fingerprint density at radius 1 is 1.44 bits per heavy atom. The smallest absolute Gasteiger partial charge is 0.137 e. The van der Waals surface area contributed by atoms with Crippen LogP contribution in [0.3, 0.4) is 0 Å². The molecule has 1 atom stereocenters. The van der Waals surface area contributed by atoms with Crippen LogP contribution in [0.2, 0.25) is 0 Å². The molecule has 2 nitrogen and oxygen atoms in total. The normalized spacial score (nSPS) is 12.8. The molecule has 0 bridgehead atoms. The first-order valence-corrected chi connectivity index (χ1v) is 6.33. The number of halogens is 2. The van der Waals surface area contributed by atoms with Crippen LogP contribution in [0, 0.1) is 5.82 Å². The van der Waals surface area contributed by atoms with Gasteiger partial charge in [-0.1, -0.05) is 6.07 Å². The summed E-state index contributed by atoms with van der Waals surface area (Å²) < 4.78 is 13.5. The summed E-state index contributed by atoms with van der Waals surface area (Å²) in [5.41, 5.74) is 6.50. The highest BCUT2D eigenvalue weighted by Crippen LogP contribution is 2.21. The molecule has 0 saturated heterocycles. The molecule has 1 unspecified atom stereocenters. The standard InChI is InChI=1S/C12H18BrFN2/c1-9(16-7-3-2-6-15)10-4-5-12(14)11(13)8-10/h4-5,8-9,16H,2-3,6-7,15H2,1H3. The molecule has 0 amide bonds. The molecule has 4 heteroatoms. The highest BCUT2D eigenvalue weighted by Gasteiger charge is 2.06.